The van der Waals surface area contributed by atoms with Crippen LogP contribution in [0.2, 0.25) is 0 Å². The number of benzene rings is 2. The van der Waals surface area contributed by atoms with E-state index < -0.39 is 6.17 Å². The van der Waals surface area contributed by atoms with Gasteiger partial charge >= 0.3 is 0 Å². The van der Waals surface area contributed by atoms with Crippen molar-refractivity contribution in [2.75, 3.05) is 64.3 Å². The number of hydrogen-bond donors (Lipinski definition) is 6. The number of aromatic nitrogens is 2. The summed E-state index contributed by atoms with van der Waals surface area (Å²) in [6.45, 7) is 6.60. The number of allylic oxidation sites excluding steroid dienone is 1. The molecule has 0 radical (unpaired) electrons. The maximum absolute atomic E-state index is 16.0. The molecule has 0 spiro atoms. The molecule has 4 fully saturated rings. The zero-order valence-corrected chi connectivity index (χ0v) is 35.5. The Labute approximate surface area is 365 Å². The number of nitrogens with two attached hydrogens (primary N) is 3. The van der Waals surface area contributed by atoms with E-state index in [2.05, 4.69) is 25.4 Å². The molecule has 9 N–H and O–H groups in total. The smallest absolute Gasteiger partial charge is 0.253 e. The number of aryl methyl sites for hydroxylation is 1. The summed E-state index contributed by atoms with van der Waals surface area (Å²) in [6.07, 6.45) is 6.57. The second kappa shape index (κ2) is 19.1. The molecule has 2 aromatic heterocycles. The van der Waals surface area contributed by atoms with E-state index in [0.29, 0.717) is 92.0 Å². The number of alkyl halides is 1. The van der Waals surface area contributed by atoms with E-state index in [9.17, 15) is 19.5 Å². The normalized spacial score (nSPS) is 23.3. The Morgan fingerprint density at radius 1 is 1.00 bits per heavy atom. The summed E-state index contributed by atoms with van der Waals surface area (Å²) in [5, 5.41) is 16.6. The van der Waals surface area contributed by atoms with Crippen LogP contribution in [0.3, 0.4) is 0 Å². The highest BCUT2D eigenvalue weighted by molar-refractivity contribution is 5.94. The van der Waals surface area contributed by atoms with Gasteiger partial charge in [0.1, 0.15) is 35.6 Å². The van der Waals surface area contributed by atoms with E-state index in [-0.39, 0.29) is 60.6 Å². The van der Waals surface area contributed by atoms with Crippen LogP contribution in [0.4, 0.5) is 10.1 Å². The van der Waals surface area contributed by atoms with Crippen LogP contribution in [-0.4, -0.2) is 125 Å². The Kier molecular flexibility index (Phi) is 13.2. The minimum absolute atomic E-state index is 0.0183. The molecule has 5 atom stereocenters. The summed E-state index contributed by atoms with van der Waals surface area (Å²) >= 11 is 0. The number of piperidine rings is 2. The number of halogens is 1. The first-order valence-corrected chi connectivity index (χ1v) is 21.7. The predicted molar refractivity (Wildman–Crippen MR) is 236 cm³/mol. The maximum Gasteiger partial charge on any atom is 0.253 e. The number of ether oxygens (including phenoxy) is 2. The van der Waals surface area contributed by atoms with Crippen LogP contribution in [0.25, 0.3) is 16.7 Å². The summed E-state index contributed by atoms with van der Waals surface area (Å²) in [5.41, 5.74) is 23.9. The number of nitrogens with one attached hydrogen (secondary N) is 2. The van der Waals surface area contributed by atoms with Crippen molar-refractivity contribution < 1.29 is 33.4 Å². The lowest BCUT2D eigenvalue weighted by Gasteiger charge is -2.43. The third kappa shape index (κ3) is 9.60. The van der Waals surface area contributed by atoms with Gasteiger partial charge in [-0.25, -0.2) is 9.37 Å². The SMILES string of the molecule is Cc1cn(C2CCN(CC3CCN(C(=O)c4ccc(C5CN(C(/C=C(\N)c6ccccc6O)=C(N)N)C6COCC6O5)cc4)CC3)CC2F)c2ncc(NC(=O)CCNC=O)cc12. The van der Waals surface area contributed by atoms with E-state index in [1.54, 1.807) is 36.5 Å². The van der Waals surface area contributed by atoms with Crippen molar-refractivity contribution in [3.63, 3.8) is 0 Å². The molecule has 3 amide bonds. The number of rotatable bonds is 13. The zero-order chi connectivity index (χ0) is 44.2. The fourth-order valence-corrected chi connectivity index (χ4v) is 9.47. The van der Waals surface area contributed by atoms with Crippen molar-refractivity contribution >= 4 is 40.6 Å². The molecular formula is C46H57FN10O6. The number of pyridine rings is 1. The van der Waals surface area contributed by atoms with Crippen LogP contribution in [0, 0.1) is 12.8 Å². The fraction of sp³-hybridized carbons (Fsp3) is 0.435. The van der Waals surface area contributed by atoms with E-state index >= 15 is 4.39 Å². The molecule has 2 aromatic carbocycles. The van der Waals surface area contributed by atoms with Gasteiger partial charge in [0, 0.05) is 80.6 Å². The summed E-state index contributed by atoms with van der Waals surface area (Å²) in [6, 6.07) is 15.7. The Hall–Kier alpha value is -6.17. The van der Waals surface area contributed by atoms with Crippen LogP contribution in [0.1, 0.15) is 64.9 Å². The van der Waals surface area contributed by atoms with Gasteiger partial charge in [-0.2, -0.15) is 0 Å². The van der Waals surface area contributed by atoms with Crippen LogP contribution in [0.5, 0.6) is 5.75 Å². The number of amides is 3. The van der Waals surface area contributed by atoms with Crippen LogP contribution >= 0.6 is 0 Å². The standard InChI is InChI=1S/C46H57FN10O6/c1-28-21-57(45-34(28)18-32(20-52-45)53-43(60)10-14-51-27-58)37-13-15-54(23-35(37)47)22-29-11-16-55(17-12-29)46(61)31-8-6-30(7-9-31)41-24-56(39-25-62-26-42(39)63-41)38(44(49)50)19-36(48)33-4-2-3-5-40(33)59/h2-9,18-21,27,29,35,37,39,41-42,59H,10-17,22-26,48-50H2,1H3,(H,51,58)(H,53,60)/b36-19-. The van der Waals surface area contributed by atoms with Crippen molar-refractivity contribution in [1.29, 1.82) is 0 Å². The Balaban J connectivity index is 0.836. The molecule has 63 heavy (non-hydrogen) atoms. The van der Waals surface area contributed by atoms with Gasteiger partial charge in [0.05, 0.1) is 42.9 Å². The number of aromatic hydroxyl groups is 1. The van der Waals surface area contributed by atoms with Crippen molar-refractivity contribution in [1.82, 2.24) is 29.6 Å². The molecule has 0 bridgehead atoms. The second-order valence-corrected chi connectivity index (χ2v) is 17.1. The lowest BCUT2D eigenvalue weighted by atomic mass is 9.93. The lowest BCUT2D eigenvalue weighted by Crippen LogP contribution is -2.51. The van der Waals surface area contributed by atoms with Gasteiger partial charge in [-0.05, 0) is 79.6 Å². The summed E-state index contributed by atoms with van der Waals surface area (Å²) in [4.78, 5) is 47.3. The van der Waals surface area contributed by atoms with Crippen molar-refractivity contribution in [3.05, 3.63) is 107 Å². The molecule has 4 saturated heterocycles. The third-order valence-electron chi connectivity index (χ3n) is 12.8. The quantitative estimate of drug-likeness (QED) is 0.0647. The summed E-state index contributed by atoms with van der Waals surface area (Å²) in [5.74, 6) is 0.243. The van der Waals surface area contributed by atoms with Gasteiger partial charge in [-0.1, -0.05) is 24.3 Å². The average molecular weight is 865 g/mol. The van der Waals surface area contributed by atoms with E-state index in [1.165, 1.54) is 0 Å². The molecular weight excluding hydrogens is 808 g/mol. The first kappa shape index (κ1) is 43.5. The molecule has 0 saturated carbocycles. The van der Waals surface area contributed by atoms with Gasteiger partial charge < -0.3 is 61.7 Å². The van der Waals surface area contributed by atoms with Crippen LogP contribution in [0.15, 0.2) is 84.6 Å². The number of hydrogen-bond acceptors (Lipinski definition) is 12. The topological polar surface area (TPSA) is 220 Å². The second-order valence-electron chi connectivity index (χ2n) is 17.1. The van der Waals surface area contributed by atoms with Crippen molar-refractivity contribution in [2.45, 2.75) is 63.1 Å². The number of para-hydroxylation sites is 1. The number of carbonyl (C=O) groups is 3. The molecule has 6 heterocycles. The van der Waals surface area contributed by atoms with Crippen LogP contribution < -0.4 is 27.8 Å². The van der Waals surface area contributed by atoms with Crippen molar-refractivity contribution in [3.8, 4) is 5.75 Å². The Morgan fingerprint density at radius 3 is 2.51 bits per heavy atom. The van der Waals surface area contributed by atoms with Crippen LogP contribution in [-0.2, 0) is 19.1 Å². The van der Waals surface area contributed by atoms with Crippen molar-refractivity contribution in [2.24, 2.45) is 23.1 Å². The van der Waals surface area contributed by atoms with Gasteiger partial charge in [0.15, 0.2) is 0 Å². The summed E-state index contributed by atoms with van der Waals surface area (Å²) in [7, 11) is 0. The number of likely N-dealkylation sites (tertiary alicyclic amines) is 2. The molecule has 334 valence electrons. The average Bonchev–Trinajstić information content (AvgIpc) is 3.89. The number of phenols is 1. The molecule has 0 aliphatic carbocycles. The minimum atomic E-state index is -1.08. The Bertz CT molecular complexity index is 2360. The molecule has 8 rings (SSSR count). The fourth-order valence-electron chi connectivity index (χ4n) is 9.47. The number of nitrogens with zero attached hydrogens (tertiary/aromatic N) is 5. The molecule has 4 aliphatic rings. The maximum atomic E-state index is 16.0. The lowest BCUT2D eigenvalue weighted by molar-refractivity contribution is -0.116. The number of morpholine rings is 1. The number of fused-ring (bicyclic) bond motifs is 2. The molecule has 17 heteroatoms. The molecule has 4 aromatic rings. The first-order valence-electron chi connectivity index (χ1n) is 21.7. The zero-order valence-electron chi connectivity index (χ0n) is 35.5. The predicted octanol–water partition coefficient (Wildman–Crippen LogP) is 3.49. The monoisotopic (exact) mass is 864 g/mol. The number of phenolic OH excluding ortho intramolecular Hbond substituents is 1. The van der Waals surface area contributed by atoms with Gasteiger partial charge in [0.25, 0.3) is 5.91 Å². The molecule has 4 aliphatic heterocycles. The minimum Gasteiger partial charge on any atom is -0.507 e. The largest absolute Gasteiger partial charge is 0.507 e. The summed E-state index contributed by atoms with van der Waals surface area (Å²) < 4.78 is 30.3. The number of anilines is 1. The highest BCUT2D eigenvalue weighted by Crippen LogP contribution is 2.37. The number of carbonyl (C=O) groups excluding carboxylic acids is 3. The first-order chi connectivity index (χ1) is 30.5. The van der Waals surface area contributed by atoms with E-state index in [0.717, 1.165) is 42.4 Å². The van der Waals surface area contributed by atoms with Gasteiger partial charge in [-0.3, -0.25) is 14.4 Å². The van der Waals surface area contributed by atoms with Gasteiger partial charge in [0.2, 0.25) is 12.3 Å². The third-order valence-corrected chi connectivity index (χ3v) is 12.8. The van der Waals surface area contributed by atoms with E-state index in [4.69, 9.17) is 26.7 Å². The Morgan fingerprint density at radius 2 is 1.78 bits per heavy atom. The van der Waals surface area contributed by atoms with E-state index in [1.807, 2.05) is 52.9 Å². The molecule has 5 unspecified atom stereocenters. The highest BCUT2D eigenvalue weighted by Gasteiger charge is 2.42. The molecule has 16 nitrogen and oxygen atoms in total. The van der Waals surface area contributed by atoms with Gasteiger partial charge in [-0.15, -0.1) is 0 Å². The highest BCUT2D eigenvalue weighted by atomic mass is 19.1.